The van der Waals surface area contributed by atoms with E-state index in [2.05, 4.69) is 20.9 Å². The maximum Gasteiger partial charge on any atom is 0.259 e. The van der Waals surface area contributed by atoms with Crippen LogP contribution in [0.15, 0.2) is 84.4 Å². The number of carbonyl (C=O) groups is 3. The third-order valence-electron chi connectivity index (χ3n) is 4.74. The summed E-state index contributed by atoms with van der Waals surface area (Å²) in [6.07, 6.45) is 1.60. The molecule has 7 nitrogen and oxygen atoms in total. The Balaban J connectivity index is 1.48. The van der Waals surface area contributed by atoms with Crippen molar-refractivity contribution in [1.29, 1.82) is 0 Å². The Bertz CT molecular complexity index is 1320. The van der Waals surface area contributed by atoms with Crippen LogP contribution in [0.25, 0.3) is 0 Å². The molecule has 0 saturated heterocycles. The summed E-state index contributed by atoms with van der Waals surface area (Å²) < 4.78 is 0. The molecule has 0 aliphatic rings. The van der Waals surface area contributed by atoms with Crippen molar-refractivity contribution < 1.29 is 14.4 Å². The van der Waals surface area contributed by atoms with Gasteiger partial charge < -0.3 is 10.6 Å². The molecule has 1 heterocycles. The fourth-order valence-electron chi connectivity index (χ4n) is 3.16. The zero-order chi connectivity index (χ0) is 23.2. The molecular formula is C25H20N4O3S. The first-order valence-corrected chi connectivity index (χ1v) is 11.0. The van der Waals surface area contributed by atoms with Crippen molar-refractivity contribution in [3.05, 3.63) is 107 Å². The summed E-state index contributed by atoms with van der Waals surface area (Å²) in [5.41, 5.74) is 3.02. The molecule has 0 fully saturated rings. The molecule has 0 atom stereocenters. The van der Waals surface area contributed by atoms with E-state index in [4.69, 9.17) is 0 Å². The molecular weight excluding hydrogens is 436 g/mol. The number of nitrogens with one attached hydrogen (secondary N) is 3. The molecule has 3 N–H and O–H groups in total. The van der Waals surface area contributed by atoms with Crippen LogP contribution in [-0.2, 0) is 0 Å². The van der Waals surface area contributed by atoms with Crippen molar-refractivity contribution in [3.63, 3.8) is 0 Å². The minimum absolute atomic E-state index is 0.263. The molecule has 3 aromatic carbocycles. The number of benzene rings is 3. The molecule has 0 unspecified atom stereocenters. The van der Waals surface area contributed by atoms with Gasteiger partial charge in [0.25, 0.3) is 17.7 Å². The van der Waals surface area contributed by atoms with Crippen LogP contribution >= 0.6 is 11.3 Å². The highest BCUT2D eigenvalue weighted by Crippen LogP contribution is 2.20. The number of hydrogen-bond acceptors (Lipinski definition) is 5. The lowest BCUT2D eigenvalue weighted by Gasteiger charge is -2.12. The van der Waals surface area contributed by atoms with E-state index in [-0.39, 0.29) is 11.8 Å². The molecule has 0 bridgehead atoms. The molecule has 164 valence electrons. The van der Waals surface area contributed by atoms with E-state index < -0.39 is 5.91 Å². The summed E-state index contributed by atoms with van der Waals surface area (Å²) in [5.74, 6) is -1.04. The SMILES string of the molecule is Cc1cccc(C(=O)Nc2cccc(C(=O)Nc3ccccc3C(=O)Nc3nccs3)c2)c1. The Hall–Kier alpha value is -4.30. The van der Waals surface area contributed by atoms with Crippen LogP contribution in [0.1, 0.15) is 36.6 Å². The first-order chi connectivity index (χ1) is 16.0. The molecule has 8 heteroatoms. The quantitative estimate of drug-likeness (QED) is 0.371. The molecule has 4 aromatic rings. The van der Waals surface area contributed by atoms with E-state index in [1.165, 1.54) is 11.3 Å². The van der Waals surface area contributed by atoms with Crippen molar-refractivity contribution >= 4 is 45.6 Å². The van der Waals surface area contributed by atoms with Gasteiger partial charge in [0.15, 0.2) is 5.13 Å². The summed E-state index contributed by atoms with van der Waals surface area (Å²) in [4.78, 5) is 42.1. The standard InChI is InChI=1S/C25H20N4O3S/c1-16-6-4-7-17(14-16)22(30)27-19-9-5-8-18(15-19)23(31)28-21-11-3-2-10-20(21)24(32)29-25-26-12-13-33-25/h2-15H,1H3,(H,27,30)(H,28,31)(H,26,29,32). The fraction of sp³-hybridized carbons (Fsp3) is 0.0400. The maximum absolute atomic E-state index is 12.9. The zero-order valence-electron chi connectivity index (χ0n) is 17.7. The summed E-state index contributed by atoms with van der Waals surface area (Å²) in [5, 5.41) is 10.5. The van der Waals surface area contributed by atoms with Gasteiger partial charge in [0.2, 0.25) is 0 Å². The van der Waals surface area contributed by atoms with Gasteiger partial charge in [-0.05, 0) is 49.4 Å². The van der Waals surface area contributed by atoms with E-state index in [1.807, 2.05) is 19.1 Å². The first-order valence-electron chi connectivity index (χ1n) is 10.1. The number of aryl methyl sites for hydroxylation is 1. The summed E-state index contributed by atoms with van der Waals surface area (Å²) in [6, 6.07) is 20.6. The van der Waals surface area contributed by atoms with Crippen molar-refractivity contribution in [3.8, 4) is 0 Å². The molecule has 0 radical (unpaired) electrons. The van der Waals surface area contributed by atoms with Crippen molar-refractivity contribution in [2.45, 2.75) is 6.92 Å². The number of thiazole rings is 1. The normalized spacial score (nSPS) is 10.3. The van der Waals surface area contributed by atoms with Crippen LogP contribution in [0.2, 0.25) is 0 Å². The minimum Gasteiger partial charge on any atom is -0.322 e. The summed E-state index contributed by atoms with van der Waals surface area (Å²) >= 11 is 1.30. The summed E-state index contributed by atoms with van der Waals surface area (Å²) in [6.45, 7) is 1.91. The Kier molecular flexibility index (Phi) is 6.56. The highest BCUT2D eigenvalue weighted by Gasteiger charge is 2.16. The smallest absolute Gasteiger partial charge is 0.259 e. The van der Waals surface area contributed by atoms with E-state index in [0.717, 1.165) is 5.56 Å². The Labute approximate surface area is 194 Å². The van der Waals surface area contributed by atoms with Crippen molar-refractivity contribution in [2.24, 2.45) is 0 Å². The first kappa shape index (κ1) is 21.9. The van der Waals surface area contributed by atoms with Gasteiger partial charge in [-0.1, -0.05) is 35.9 Å². The highest BCUT2D eigenvalue weighted by molar-refractivity contribution is 7.13. The third-order valence-corrected chi connectivity index (χ3v) is 5.42. The van der Waals surface area contributed by atoms with Crippen LogP contribution in [0.5, 0.6) is 0 Å². The molecule has 3 amide bonds. The van der Waals surface area contributed by atoms with Gasteiger partial charge >= 0.3 is 0 Å². The third kappa shape index (κ3) is 5.50. The van der Waals surface area contributed by atoms with Gasteiger partial charge in [0.1, 0.15) is 0 Å². The monoisotopic (exact) mass is 456 g/mol. The maximum atomic E-state index is 12.9. The number of aromatic nitrogens is 1. The van der Waals surface area contributed by atoms with Crippen LogP contribution in [0.3, 0.4) is 0 Å². The number of anilines is 3. The number of nitrogens with zero attached hydrogens (tertiary/aromatic N) is 1. The molecule has 0 spiro atoms. The fourth-order valence-corrected chi connectivity index (χ4v) is 3.69. The lowest BCUT2D eigenvalue weighted by atomic mass is 10.1. The Morgan fingerprint density at radius 1 is 0.758 bits per heavy atom. The van der Waals surface area contributed by atoms with Crippen LogP contribution in [-0.4, -0.2) is 22.7 Å². The molecule has 0 saturated carbocycles. The van der Waals surface area contributed by atoms with E-state index in [0.29, 0.717) is 33.2 Å². The second kappa shape index (κ2) is 9.88. The van der Waals surface area contributed by atoms with Gasteiger partial charge in [0, 0.05) is 28.4 Å². The molecule has 33 heavy (non-hydrogen) atoms. The molecule has 0 aliphatic heterocycles. The van der Waals surface area contributed by atoms with Gasteiger partial charge in [-0.15, -0.1) is 11.3 Å². The average molecular weight is 457 g/mol. The Morgan fingerprint density at radius 2 is 1.48 bits per heavy atom. The highest BCUT2D eigenvalue weighted by atomic mass is 32.1. The van der Waals surface area contributed by atoms with Gasteiger partial charge in [-0.3, -0.25) is 19.7 Å². The number of para-hydroxylation sites is 1. The number of rotatable bonds is 6. The molecule has 0 aliphatic carbocycles. The van der Waals surface area contributed by atoms with E-state index in [9.17, 15) is 14.4 Å². The topological polar surface area (TPSA) is 100 Å². The van der Waals surface area contributed by atoms with Crippen molar-refractivity contribution in [1.82, 2.24) is 4.98 Å². The largest absolute Gasteiger partial charge is 0.322 e. The zero-order valence-corrected chi connectivity index (χ0v) is 18.5. The lowest BCUT2D eigenvalue weighted by molar-refractivity contribution is 0.101. The van der Waals surface area contributed by atoms with Gasteiger partial charge in [-0.25, -0.2) is 4.98 Å². The number of amides is 3. The predicted molar refractivity (Wildman–Crippen MR) is 130 cm³/mol. The van der Waals surface area contributed by atoms with E-state index >= 15 is 0 Å². The predicted octanol–water partition coefficient (Wildman–Crippen LogP) is 5.21. The Morgan fingerprint density at radius 3 is 2.24 bits per heavy atom. The minimum atomic E-state index is -0.406. The lowest BCUT2D eigenvalue weighted by Crippen LogP contribution is -2.18. The molecule has 1 aromatic heterocycles. The second-order valence-electron chi connectivity index (χ2n) is 7.20. The summed E-state index contributed by atoms with van der Waals surface area (Å²) in [7, 11) is 0. The average Bonchev–Trinajstić information content (AvgIpc) is 3.32. The van der Waals surface area contributed by atoms with Gasteiger partial charge in [-0.2, -0.15) is 0 Å². The van der Waals surface area contributed by atoms with Crippen LogP contribution in [0, 0.1) is 6.92 Å². The van der Waals surface area contributed by atoms with Crippen LogP contribution in [0.4, 0.5) is 16.5 Å². The van der Waals surface area contributed by atoms with Crippen molar-refractivity contribution in [2.75, 3.05) is 16.0 Å². The number of hydrogen-bond donors (Lipinski definition) is 3. The van der Waals surface area contributed by atoms with Gasteiger partial charge in [0.05, 0.1) is 11.3 Å². The molecule has 4 rings (SSSR count). The number of carbonyl (C=O) groups excluding carboxylic acids is 3. The van der Waals surface area contributed by atoms with Crippen LogP contribution < -0.4 is 16.0 Å². The second-order valence-corrected chi connectivity index (χ2v) is 8.09. The van der Waals surface area contributed by atoms with E-state index in [1.54, 1.807) is 72.2 Å².